The van der Waals surface area contributed by atoms with E-state index in [1.54, 1.807) is 0 Å². The Bertz CT molecular complexity index is 266. The van der Waals surface area contributed by atoms with Crippen molar-refractivity contribution in [3.8, 4) is 0 Å². The molecule has 1 aliphatic carbocycles. The highest BCUT2D eigenvalue weighted by Crippen LogP contribution is 2.28. The molecule has 0 aromatic rings. The minimum absolute atomic E-state index is 0.366. The summed E-state index contributed by atoms with van der Waals surface area (Å²) in [5, 5.41) is 0. The third kappa shape index (κ3) is 3.24. The summed E-state index contributed by atoms with van der Waals surface area (Å²) in [6.45, 7) is 9.37. The molecule has 0 N–H and O–H groups in total. The SMILES string of the molecule is C=CC1(OCCC)C=CC=C(OCC)C1. The standard InChI is InChI=1S/C13H20O2/c1-4-10-15-13(5-2)9-7-8-12(11-13)14-6-3/h5,7-9H,2,4,6,10-11H2,1,3H3. The maximum atomic E-state index is 5.82. The molecule has 15 heavy (non-hydrogen) atoms. The highest BCUT2D eigenvalue weighted by molar-refractivity contribution is 5.27. The van der Waals surface area contributed by atoms with Gasteiger partial charge in [-0.3, -0.25) is 0 Å². The molecule has 0 saturated heterocycles. The van der Waals surface area contributed by atoms with E-state index < -0.39 is 0 Å². The maximum Gasteiger partial charge on any atom is 0.111 e. The van der Waals surface area contributed by atoms with E-state index in [1.807, 2.05) is 31.2 Å². The Hall–Kier alpha value is -1.02. The summed E-state index contributed by atoms with van der Waals surface area (Å²) < 4.78 is 11.3. The highest BCUT2D eigenvalue weighted by Gasteiger charge is 2.28. The monoisotopic (exact) mass is 208 g/mol. The van der Waals surface area contributed by atoms with Gasteiger partial charge >= 0.3 is 0 Å². The van der Waals surface area contributed by atoms with E-state index in [1.165, 1.54) is 0 Å². The lowest BCUT2D eigenvalue weighted by Crippen LogP contribution is -2.30. The van der Waals surface area contributed by atoms with Crippen LogP contribution in [-0.2, 0) is 9.47 Å². The van der Waals surface area contributed by atoms with Crippen LogP contribution in [-0.4, -0.2) is 18.8 Å². The van der Waals surface area contributed by atoms with Gasteiger partial charge in [0, 0.05) is 13.0 Å². The molecule has 2 nitrogen and oxygen atoms in total. The van der Waals surface area contributed by atoms with Crippen molar-refractivity contribution in [2.45, 2.75) is 32.3 Å². The van der Waals surface area contributed by atoms with Crippen LogP contribution in [0.15, 0.2) is 36.6 Å². The first-order valence-electron chi connectivity index (χ1n) is 5.55. The molecule has 0 saturated carbocycles. The Morgan fingerprint density at radius 3 is 2.93 bits per heavy atom. The summed E-state index contributed by atoms with van der Waals surface area (Å²) in [5.41, 5.74) is -0.366. The molecule has 84 valence electrons. The van der Waals surface area contributed by atoms with Gasteiger partial charge in [-0.1, -0.05) is 25.7 Å². The minimum Gasteiger partial charge on any atom is -0.498 e. The van der Waals surface area contributed by atoms with Crippen LogP contribution in [0.3, 0.4) is 0 Å². The molecule has 1 aliphatic rings. The molecular formula is C13H20O2. The zero-order chi connectivity index (χ0) is 11.1. The van der Waals surface area contributed by atoms with Gasteiger partial charge < -0.3 is 9.47 Å². The van der Waals surface area contributed by atoms with Crippen molar-refractivity contribution in [2.24, 2.45) is 0 Å². The highest BCUT2D eigenvalue weighted by atomic mass is 16.5. The smallest absolute Gasteiger partial charge is 0.111 e. The zero-order valence-electron chi connectivity index (χ0n) is 9.66. The minimum atomic E-state index is -0.366. The average Bonchev–Trinajstić information content (AvgIpc) is 2.27. The normalized spacial score (nSPS) is 24.8. The first-order chi connectivity index (χ1) is 7.26. The molecule has 0 aliphatic heterocycles. The molecule has 0 spiro atoms. The van der Waals surface area contributed by atoms with E-state index in [4.69, 9.17) is 9.47 Å². The summed E-state index contributed by atoms with van der Waals surface area (Å²) in [4.78, 5) is 0. The van der Waals surface area contributed by atoms with E-state index in [0.29, 0.717) is 6.61 Å². The fraction of sp³-hybridized carbons (Fsp3) is 0.538. The Morgan fingerprint density at radius 2 is 2.33 bits per heavy atom. The van der Waals surface area contributed by atoms with Crippen molar-refractivity contribution in [1.82, 2.24) is 0 Å². The van der Waals surface area contributed by atoms with Crippen molar-refractivity contribution in [1.29, 1.82) is 0 Å². The second-order valence-electron chi connectivity index (χ2n) is 3.61. The van der Waals surface area contributed by atoms with Crippen LogP contribution in [0.5, 0.6) is 0 Å². The van der Waals surface area contributed by atoms with E-state index in [0.717, 1.165) is 25.2 Å². The molecule has 0 radical (unpaired) electrons. The first kappa shape index (κ1) is 12.1. The summed E-state index contributed by atoms with van der Waals surface area (Å²) in [6, 6.07) is 0. The number of rotatable bonds is 6. The van der Waals surface area contributed by atoms with Crippen LogP contribution in [0.4, 0.5) is 0 Å². The molecule has 2 heteroatoms. The molecule has 1 atom stereocenters. The fourth-order valence-electron chi connectivity index (χ4n) is 1.58. The van der Waals surface area contributed by atoms with Crippen molar-refractivity contribution >= 4 is 0 Å². The molecule has 0 aromatic heterocycles. The van der Waals surface area contributed by atoms with Crippen molar-refractivity contribution in [2.75, 3.05) is 13.2 Å². The quantitative estimate of drug-likeness (QED) is 0.624. The summed E-state index contributed by atoms with van der Waals surface area (Å²) in [5.74, 6) is 0.969. The van der Waals surface area contributed by atoms with Gasteiger partial charge in [-0.15, -0.1) is 0 Å². The third-order valence-electron chi connectivity index (χ3n) is 2.36. The summed E-state index contributed by atoms with van der Waals surface area (Å²) >= 11 is 0. The van der Waals surface area contributed by atoms with Crippen molar-refractivity contribution in [3.63, 3.8) is 0 Å². The molecule has 0 amide bonds. The van der Waals surface area contributed by atoms with Gasteiger partial charge in [0.05, 0.1) is 12.4 Å². The lowest BCUT2D eigenvalue weighted by atomic mass is 9.94. The second kappa shape index (κ2) is 5.76. The van der Waals surface area contributed by atoms with Crippen LogP contribution in [0, 0.1) is 0 Å². The lowest BCUT2D eigenvalue weighted by Gasteiger charge is -2.30. The average molecular weight is 208 g/mol. The lowest BCUT2D eigenvalue weighted by molar-refractivity contribution is 0.0157. The summed E-state index contributed by atoms with van der Waals surface area (Å²) in [7, 11) is 0. The van der Waals surface area contributed by atoms with Gasteiger partial charge in [0.1, 0.15) is 5.60 Å². The number of allylic oxidation sites excluding steroid dienone is 2. The maximum absolute atomic E-state index is 5.82. The van der Waals surface area contributed by atoms with Gasteiger partial charge in [0.15, 0.2) is 0 Å². The van der Waals surface area contributed by atoms with Crippen LogP contribution in [0.1, 0.15) is 26.7 Å². The second-order valence-corrected chi connectivity index (χ2v) is 3.61. The van der Waals surface area contributed by atoms with Crippen LogP contribution < -0.4 is 0 Å². The zero-order valence-corrected chi connectivity index (χ0v) is 9.66. The molecular weight excluding hydrogens is 188 g/mol. The molecule has 1 unspecified atom stereocenters. The third-order valence-corrected chi connectivity index (χ3v) is 2.36. The number of ether oxygens (including phenoxy) is 2. The van der Waals surface area contributed by atoms with Crippen LogP contribution in [0.25, 0.3) is 0 Å². The van der Waals surface area contributed by atoms with E-state index in [2.05, 4.69) is 13.5 Å². The predicted molar refractivity (Wildman–Crippen MR) is 62.6 cm³/mol. The Labute approximate surface area is 92.3 Å². The molecule has 0 fully saturated rings. The Morgan fingerprint density at radius 1 is 1.53 bits per heavy atom. The van der Waals surface area contributed by atoms with E-state index in [-0.39, 0.29) is 5.60 Å². The van der Waals surface area contributed by atoms with E-state index >= 15 is 0 Å². The van der Waals surface area contributed by atoms with Crippen LogP contribution >= 0.6 is 0 Å². The Kier molecular flexibility index (Phi) is 4.63. The Balaban J connectivity index is 2.65. The first-order valence-corrected chi connectivity index (χ1v) is 5.55. The van der Waals surface area contributed by atoms with Gasteiger partial charge in [-0.25, -0.2) is 0 Å². The van der Waals surface area contributed by atoms with Gasteiger partial charge in [-0.2, -0.15) is 0 Å². The molecule has 0 bridgehead atoms. The topological polar surface area (TPSA) is 18.5 Å². The molecule has 1 rings (SSSR count). The van der Waals surface area contributed by atoms with Gasteiger partial charge in [-0.05, 0) is 25.5 Å². The van der Waals surface area contributed by atoms with Crippen LogP contribution in [0.2, 0.25) is 0 Å². The predicted octanol–water partition coefficient (Wildman–Crippen LogP) is 3.22. The van der Waals surface area contributed by atoms with Crippen molar-refractivity contribution in [3.05, 3.63) is 36.6 Å². The molecule has 0 aromatic carbocycles. The van der Waals surface area contributed by atoms with Crippen molar-refractivity contribution < 1.29 is 9.47 Å². The number of hydrogen-bond donors (Lipinski definition) is 0. The summed E-state index contributed by atoms with van der Waals surface area (Å²) in [6.07, 6.45) is 9.62. The largest absolute Gasteiger partial charge is 0.498 e. The van der Waals surface area contributed by atoms with Gasteiger partial charge in [0.25, 0.3) is 0 Å². The van der Waals surface area contributed by atoms with E-state index in [9.17, 15) is 0 Å². The van der Waals surface area contributed by atoms with Gasteiger partial charge in [0.2, 0.25) is 0 Å². The fourth-order valence-corrected chi connectivity index (χ4v) is 1.58. The number of hydrogen-bond acceptors (Lipinski definition) is 2. The molecule has 0 heterocycles.